The number of amides is 1. The van der Waals surface area contributed by atoms with Gasteiger partial charge in [-0.05, 0) is 31.7 Å². The number of aromatic nitrogens is 2. The van der Waals surface area contributed by atoms with E-state index >= 15 is 0 Å². The Balaban J connectivity index is 1.41. The maximum absolute atomic E-state index is 12.4. The highest BCUT2D eigenvalue weighted by Crippen LogP contribution is 2.22. The number of hydrogen-bond acceptors (Lipinski definition) is 5. The van der Waals surface area contributed by atoms with Crippen molar-refractivity contribution in [2.75, 3.05) is 24.6 Å². The van der Waals surface area contributed by atoms with Crippen LogP contribution >= 0.6 is 0 Å². The largest absolute Gasteiger partial charge is 0.353 e. The van der Waals surface area contributed by atoms with Gasteiger partial charge in [0, 0.05) is 37.6 Å². The molecule has 0 radical (unpaired) electrons. The third kappa shape index (κ3) is 5.04. The molecule has 8 heteroatoms. The van der Waals surface area contributed by atoms with Crippen molar-refractivity contribution in [3.05, 3.63) is 18.5 Å². The molecule has 2 fully saturated rings. The van der Waals surface area contributed by atoms with Crippen LogP contribution in [0.1, 0.15) is 32.6 Å². The monoisotopic (exact) mass is 368 g/mol. The summed E-state index contributed by atoms with van der Waals surface area (Å²) in [6.45, 7) is 4.38. The lowest BCUT2D eigenvalue weighted by molar-refractivity contribution is -0.126. The molecule has 0 bridgehead atoms. The Morgan fingerprint density at radius 1 is 1.24 bits per heavy atom. The van der Waals surface area contributed by atoms with Gasteiger partial charge < -0.3 is 10.2 Å². The molecule has 1 atom stereocenters. The minimum absolute atomic E-state index is 0.0812. The van der Waals surface area contributed by atoms with Crippen LogP contribution in [0.4, 0.5) is 0 Å². The van der Waals surface area contributed by atoms with Gasteiger partial charge in [0.25, 0.3) is 0 Å². The summed E-state index contributed by atoms with van der Waals surface area (Å²) in [6, 6.07) is 2.46. The molecular weight excluding hydrogens is 340 g/mol. The highest BCUT2D eigenvalue weighted by molar-refractivity contribution is 7.91. The van der Waals surface area contributed by atoms with Crippen LogP contribution < -0.4 is 5.32 Å². The van der Waals surface area contributed by atoms with Crippen LogP contribution in [0, 0.1) is 5.92 Å². The first-order valence-electron chi connectivity index (χ1n) is 9.15. The molecule has 1 amide bonds. The standard InChI is InChI=1S/C17H28N4O3S/c1-14(13-21-8-2-7-18-21)17(22)19-15-3-9-20(10-4-15)16-5-11-25(23,24)12-6-16/h2,7-8,14-16H,3-6,9-13H2,1H3,(H,19,22)/t14-/m1/s1. The summed E-state index contributed by atoms with van der Waals surface area (Å²) in [5, 5.41) is 7.31. The number of nitrogens with one attached hydrogen (secondary N) is 1. The van der Waals surface area contributed by atoms with Gasteiger partial charge in [0.2, 0.25) is 5.91 Å². The third-order valence-electron chi connectivity index (χ3n) is 5.38. The predicted octanol–water partition coefficient (Wildman–Crippen LogP) is 0.677. The van der Waals surface area contributed by atoms with E-state index in [2.05, 4.69) is 15.3 Å². The molecule has 2 saturated heterocycles. The number of carbonyl (C=O) groups excluding carboxylic acids is 1. The Kier molecular flexibility index (Phi) is 5.78. The van der Waals surface area contributed by atoms with Crippen molar-refractivity contribution in [1.29, 1.82) is 0 Å². The lowest BCUT2D eigenvalue weighted by Gasteiger charge is -2.39. The van der Waals surface area contributed by atoms with E-state index in [0.717, 1.165) is 38.8 Å². The summed E-state index contributed by atoms with van der Waals surface area (Å²) >= 11 is 0. The number of likely N-dealkylation sites (tertiary alicyclic amines) is 1. The smallest absolute Gasteiger partial charge is 0.224 e. The molecule has 0 unspecified atom stereocenters. The van der Waals surface area contributed by atoms with E-state index in [9.17, 15) is 13.2 Å². The van der Waals surface area contributed by atoms with Crippen LogP contribution in [-0.4, -0.2) is 65.7 Å². The average molecular weight is 369 g/mol. The Bertz CT molecular complexity index is 652. The van der Waals surface area contributed by atoms with Gasteiger partial charge in [-0.2, -0.15) is 5.10 Å². The summed E-state index contributed by atoms with van der Waals surface area (Å²) in [6.07, 6.45) is 6.96. The Hall–Kier alpha value is -1.41. The highest BCUT2D eigenvalue weighted by Gasteiger charge is 2.31. The second-order valence-electron chi connectivity index (χ2n) is 7.33. The summed E-state index contributed by atoms with van der Waals surface area (Å²) in [7, 11) is -2.80. The Morgan fingerprint density at radius 3 is 2.52 bits per heavy atom. The van der Waals surface area contributed by atoms with Crippen molar-refractivity contribution < 1.29 is 13.2 Å². The fraction of sp³-hybridized carbons (Fsp3) is 0.765. The van der Waals surface area contributed by atoms with Gasteiger partial charge in [0.1, 0.15) is 9.84 Å². The van der Waals surface area contributed by atoms with Crippen molar-refractivity contribution in [2.45, 2.75) is 51.2 Å². The number of piperidine rings is 1. The molecule has 1 aromatic heterocycles. The summed E-state index contributed by atoms with van der Waals surface area (Å²) in [4.78, 5) is 14.8. The highest BCUT2D eigenvalue weighted by atomic mass is 32.2. The van der Waals surface area contributed by atoms with E-state index in [1.807, 2.05) is 19.2 Å². The zero-order valence-electron chi connectivity index (χ0n) is 14.8. The van der Waals surface area contributed by atoms with Gasteiger partial charge in [-0.25, -0.2) is 8.42 Å². The number of rotatable bonds is 5. The second-order valence-corrected chi connectivity index (χ2v) is 9.63. The van der Waals surface area contributed by atoms with Crippen molar-refractivity contribution in [3.8, 4) is 0 Å². The van der Waals surface area contributed by atoms with Gasteiger partial charge in [-0.15, -0.1) is 0 Å². The SMILES string of the molecule is C[C@H](Cn1cccn1)C(=O)NC1CCN(C2CCS(=O)(=O)CC2)CC1. The van der Waals surface area contributed by atoms with Crippen LogP contribution in [0.5, 0.6) is 0 Å². The first kappa shape index (κ1) is 18.4. The fourth-order valence-corrected chi connectivity index (χ4v) is 5.23. The minimum atomic E-state index is -2.80. The molecular formula is C17H28N4O3S. The first-order chi connectivity index (χ1) is 11.9. The van der Waals surface area contributed by atoms with Crippen molar-refractivity contribution in [2.24, 2.45) is 5.92 Å². The third-order valence-corrected chi connectivity index (χ3v) is 7.10. The van der Waals surface area contributed by atoms with E-state index in [-0.39, 0.29) is 17.9 Å². The van der Waals surface area contributed by atoms with E-state index in [4.69, 9.17) is 0 Å². The minimum Gasteiger partial charge on any atom is -0.353 e. The van der Waals surface area contributed by atoms with Crippen LogP contribution in [0.2, 0.25) is 0 Å². The van der Waals surface area contributed by atoms with Crippen molar-refractivity contribution in [1.82, 2.24) is 20.0 Å². The van der Waals surface area contributed by atoms with Crippen LogP contribution in [0.15, 0.2) is 18.5 Å². The van der Waals surface area contributed by atoms with Crippen molar-refractivity contribution in [3.63, 3.8) is 0 Å². The topological polar surface area (TPSA) is 84.3 Å². The maximum Gasteiger partial charge on any atom is 0.224 e. The average Bonchev–Trinajstić information content (AvgIpc) is 3.08. The molecule has 0 aromatic carbocycles. The quantitative estimate of drug-likeness (QED) is 0.826. The van der Waals surface area contributed by atoms with Crippen LogP contribution in [0.25, 0.3) is 0 Å². The number of carbonyl (C=O) groups is 1. The van der Waals surface area contributed by atoms with Gasteiger partial charge in [-0.1, -0.05) is 6.92 Å². The zero-order valence-corrected chi connectivity index (χ0v) is 15.6. The van der Waals surface area contributed by atoms with E-state index in [0.29, 0.717) is 24.1 Å². The summed E-state index contributed by atoms with van der Waals surface area (Å²) in [5.74, 6) is 0.609. The molecule has 2 aliphatic heterocycles. The van der Waals surface area contributed by atoms with Gasteiger partial charge in [-0.3, -0.25) is 9.48 Å². The lowest BCUT2D eigenvalue weighted by atomic mass is 10.00. The van der Waals surface area contributed by atoms with E-state index in [1.165, 1.54) is 0 Å². The van der Waals surface area contributed by atoms with E-state index in [1.54, 1.807) is 10.9 Å². The van der Waals surface area contributed by atoms with Gasteiger partial charge in [0.15, 0.2) is 0 Å². The summed E-state index contributed by atoms with van der Waals surface area (Å²) < 4.78 is 24.9. The predicted molar refractivity (Wildman–Crippen MR) is 95.8 cm³/mol. The fourth-order valence-electron chi connectivity index (χ4n) is 3.77. The Morgan fingerprint density at radius 2 is 1.92 bits per heavy atom. The number of sulfone groups is 1. The lowest BCUT2D eigenvalue weighted by Crippen LogP contribution is -2.50. The molecule has 3 heterocycles. The van der Waals surface area contributed by atoms with Gasteiger partial charge in [0.05, 0.1) is 24.0 Å². The second kappa shape index (κ2) is 7.86. The van der Waals surface area contributed by atoms with Crippen LogP contribution in [-0.2, 0) is 21.2 Å². The normalized spacial score (nSPS) is 24.0. The molecule has 0 aliphatic carbocycles. The zero-order chi connectivity index (χ0) is 17.9. The van der Waals surface area contributed by atoms with Crippen molar-refractivity contribution >= 4 is 15.7 Å². The number of nitrogens with zero attached hydrogens (tertiary/aromatic N) is 3. The van der Waals surface area contributed by atoms with Gasteiger partial charge >= 0.3 is 0 Å². The molecule has 25 heavy (non-hydrogen) atoms. The molecule has 140 valence electrons. The van der Waals surface area contributed by atoms with E-state index < -0.39 is 9.84 Å². The molecule has 0 saturated carbocycles. The molecule has 0 spiro atoms. The maximum atomic E-state index is 12.4. The molecule has 1 aromatic rings. The molecule has 3 rings (SSSR count). The molecule has 7 nitrogen and oxygen atoms in total. The molecule has 2 aliphatic rings. The first-order valence-corrected chi connectivity index (χ1v) is 11.0. The molecule has 1 N–H and O–H groups in total. The Labute approximate surface area is 149 Å². The number of hydrogen-bond donors (Lipinski definition) is 1. The summed E-state index contributed by atoms with van der Waals surface area (Å²) in [5.41, 5.74) is 0. The van der Waals surface area contributed by atoms with Crippen LogP contribution in [0.3, 0.4) is 0 Å².